The average molecular weight is 1050 g/mol. The summed E-state index contributed by atoms with van der Waals surface area (Å²) in [5.74, 6) is 0.417. The van der Waals surface area contributed by atoms with E-state index in [9.17, 15) is 0 Å². The van der Waals surface area contributed by atoms with Gasteiger partial charge in [0.2, 0.25) is 0 Å². The largest absolute Gasteiger partial charge is 0.172 e. The molecule has 0 spiro atoms. The van der Waals surface area contributed by atoms with E-state index in [1.54, 1.807) is 20.1 Å². The lowest BCUT2D eigenvalue weighted by molar-refractivity contribution is 0.667. The molecule has 69 heavy (non-hydrogen) atoms. The lowest BCUT2D eigenvalue weighted by atomic mass is 9.88. The van der Waals surface area contributed by atoms with E-state index in [1.165, 1.54) is 214 Å². The van der Waals surface area contributed by atoms with Gasteiger partial charge in [-0.1, -0.05) is 138 Å². The summed E-state index contributed by atoms with van der Waals surface area (Å²) in [6, 6.07) is 22.5. The molecule has 1 aliphatic rings. The topological polar surface area (TPSA) is 51.6 Å². The third-order valence-electron chi connectivity index (χ3n) is 15.1. The summed E-state index contributed by atoms with van der Waals surface area (Å²) >= 11 is 10.9. The summed E-state index contributed by atoms with van der Waals surface area (Å²) in [7, 11) is -2.18. The van der Waals surface area contributed by atoms with Crippen LogP contribution in [0, 0.1) is 6.92 Å². The predicted molar refractivity (Wildman–Crippen MR) is 314 cm³/mol. The number of hydrogen-bond donors (Lipinski definition) is 0. The van der Waals surface area contributed by atoms with Crippen LogP contribution in [0.15, 0.2) is 48.5 Å². The number of benzene rings is 2. The van der Waals surface area contributed by atoms with Crippen LogP contribution < -0.4 is 10.4 Å². The number of thiophene rings is 4. The van der Waals surface area contributed by atoms with E-state index in [0.29, 0.717) is 5.92 Å². The Balaban J connectivity index is 1.17. The Kier molecular flexibility index (Phi) is 17.6. The molecule has 0 N–H and O–H groups in total. The number of unbranched alkanes of at least 4 members (excludes halogenated alkanes) is 12. The number of aromatic nitrogens is 4. The maximum atomic E-state index is 5.24. The van der Waals surface area contributed by atoms with Gasteiger partial charge in [0.25, 0.3) is 0 Å². The van der Waals surface area contributed by atoms with Crippen molar-refractivity contribution in [2.75, 3.05) is 0 Å². The van der Waals surface area contributed by atoms with Crippen LogP contribution in [0.4, 0.5) is 0 Å². The van der Waals surface area contributed by atoms with Crippen molar-refractivity contribution < 1.29 is 0 Å². The van der Waals surface area contributed by atoms with E-state index < -0.39 is 8.07 Å². The summed E-state index contributed by atoms with van der Waals surface area (Å²) in [6.07, 6.45) is 25.5. The molecule has 6 aromatic heterocycles. The molecule has 1 aliphatic heterocycles. The Hall–Kier alpha value is -2.90. The molecule has 7 heterocycles. The van der Waals surface area contributed by atoms with Crippen molar-refractivity contribution in [2.24, 2.45) is 0 Å². The quantitative estimate of drug-likeness (QED) is 0.0380. The molecule has 4 nitrogen and oxygen atoms in total. The van der Waals surface area contributed by atoms with E-state index in [0.717, 1.165) is 34.9 Å². The lowest BCUT2D eigenvalue weighted by Gasteiger charge is -2.29. The number of fused-ring (bicyclic) bond motifs is 5. The van der Waals surface area contributed by atoms with Crippen molar-refractivity contribution in [3.05, 3.63) is 69.4 Å². The Morgan fingerprint density at radius 2 is 0.928 bits per heavy atom. The molecule has 9 rings (SSSR count). The van der Waals surface area contributed by atoms with Gasteiger partial charge in [0, 0.05) is 61.3 Å². The fourth-order valence-electron chi connectivity index (χ4n) is 11.3. The lowest BCUT2D eigenvalue weighted by Crippen LogP contribution is -2.54. The van der Waals surface area contributed by atoms with Gasteiger partial charge in [-0.2, -0.15) is 17.5 Å². The predicted octanol–water partition coefficient (Wildman–Crippen LogP) is 19.8. The molecule has 0 aliphatic carbocycles. The zero-order chi connectivity index (χ0) is 47.9. The first-order valence-corrected chi connectivity index (χ1v) is 34.0. The van der Waals surface area contributed by atoms with Gasteiger partial charge in [0.1, 0.15) is 30.1 Å². The standard InChI is InChI=1S/C58H74N4S6Si/c1-8-13-17-21-26-40-28-30-45(63-40)43-34-39(7)51(55-53(43)59-67-61-55)47-36-49-57(65-47)58-50(69(49,32-23-19-15-10-3)33-24-20-16-11-4)37-48(66-58)52-42(38(6)25-12-5)35-44(54-56(52)62-68-60-54)46-31-29-41(64-46)27-22-18-14-9-2/h28-31,34-38H,8-27,32-33H2,1-7H3. The highest BCUT2D eigenvalue weighted by Gasteiger charge is 2.48. The van der Waals surface area contributed by atoms with Crippen LogP contribution in [0.3, 0.4) is 0 Å². The highest BCUT2D eigenvalue weighted by atomic mass is 32.1. The van der Waals surface area contributed by atoms with Gasteiger partial charge in [-0.15, -0.1) is 45.3 Å². The molecule has 0 saturated carbocycles. The van der Waals surface area contributed by atoms with Crippen molar-refractivity contribution in [1.82, 2.24) is 17.5 Å². The van der Waals surface area contributed by atoms with Crippen LogP contribution >= 0.6 is 68.8 Å². The van der Waals surface area contributed by atoms with Gasteiger partial charge in [0.05, 0.1) is 23.5 Å². The third-order valence-corrected chi connectivity index (χ3v) is 26.6. The van der Waals surface area contributed by atoms with Crippen LogP contribution in [0.25, 0.3) is 73.6 Å². The van der Waals surface area contributed by atoms with E-state index in [2.05, 4.69) is 120 Å². The zero-order valence-electron chi connectivity index (χ0n) is 42.5. The number of hydrogen-bond acceptors (Lipinski definition) is 10. The summed E-state index contributed by atoms with van der Waals surface area (Å²) in [4.78, 5) is 11.6. The molecule has 1 atom stereocenters. The summed E-state index contributed by atoms with van der Waals surface area (Å²) in [6.45, 7) is 16.4. The zero-order valence-corrected chi connectivity index (χ0v) is 48.4. The maximum Gasteiger partial charge on any atom is 0.122 e. The second kappa shape index (κ2) is 23.8. The third kappa shape index (κ3) is 10.6. The van der Waals surface area contributed by atoms with Crippen molar-refractivity contribution in [2.45, 2.75) is 195 Å². The summed E-state index contributed by atoms with van der Waals surface area (Å²) in [5.41, 5.74) is 12.3. The molecule has 8 aromatic rings. The fraction of sp³-hybridized carbons (Fsp3) is 0.517. The Morgan fingerprint density at radius 3 is 1.43 bits per heavy atom. The van der Waals surface area contributed by atoms with Gasteiger partial charge >= 0.3 is 0 Å². The molecule has 0 bridgehead atoms. The van der Waals surface area contributed by atoms with E-state index in [4.69, 9.17) is 17.5 Å². The average Bonchev–Trinajstić information content (AvgIpc) is 4.22. The van der Waals surface area contributed by atoms with Crippen molar-refractivity contribution in [1.29, 1.82) is 0 Å². The Morgan fingerprint density at radius 1 is 0.464 bits per heavy atom. The molecule has 0 radical (unpaired) electrons. The SMILES string of the molecule is CCCCCCc1ccc(-c2cc(C)c(-c3cc4c(s3)-c3sc(-c5c(C(C)CCC)cc(-c6ccc(CCCCCC)s6)c6nsnc56)cc3[Si]4(CCCCCC)CCCCCC)c3nsnc23)s1. The molecule has 1 unspecified atom stereocenters. The highest BCUT2D eigenvalue weighted by Crippen LogP contribution is 2.52. The summed E-state index contributed by atoms with van der Waals surface area (Å²) < 4.78 is 20.5. The van der Waals surface area contributed by atoms with Crippen LogP contribution in [0.2, 0.25) is 12.1 Å². The van der Waals surface area contributed by atoms with Gasteiger partial charge in [0.15, 0.2) is 0 Å². The van der Waals surface area contributed by atoms with Crippen LogP contribution in [-0.2, 0) is 12.8 Å². The van der Waals surface area contributed by atoms with E-state index >= 15 is 0 Å². The van der Waals surface area contributed by atoms with Gasteiger partial charge < -0.3 is 0 Å². The van der Waals surface area contributed by atoms with Gasteiger partial charge in [-0.05, 0) is 127 Å². The number of rotatable bonds is 27. The minimum Gasteiger partial charge on any atom is -0.172 e. The van der Waals surface area contributed by atoms with Crippen LogP contribution in [0.1, 0.15) is 184 Å². The van der Waals surface area contributed by atoms with E-state index in [-0.39, 0.29) is 0 Å². The van der Waals surface area contributed by atoms with Crippen molar-refractivity contribution in [3.8, 4) is 51.5 Å². The van der Waals surface area contributed by atoms with Crippen LogP contribution in [-0.4, -0.2) is 25.6 Å². The maximum absolute atomic E-state index is 5.24. The smallest absolute Gasteiger partial charge is 0.122 e. The highest BCUT2D eigenvalue weighted by molar-refractivity contribution is 7.31. The summed E-state index contributed by atoms with van der Waals surface area (Å²) in [5, 5.41) is 3.44. The first kappa shape index (κ1) is 51.0. The van der Waals surface area contributed by atoms with Crippen molar-refractivity contribution in [3.63, 3.8) is 0 Å². The van der Waals surface area contributed by atoms with Gasteiger partial charge in [-0.25, -0.2) is 0 Å². The normalized spacial score (nSPS) is 13.6. The first-order valence-electron chi connectivity index (χ1n) is 26.9. The first-order chi connectivity index (χ1) is 33.8. The molecule has 2 aromatic carbocycles. The molecule has 0 amide bonds. The second-order valence-electron chi connectivity index (χ2n) is 20.2. The number of nitrogens with zero attached hydrogens (tertiary/aromatic N) is 4. The molecule has 0 saturated heterocycles. The molecule has 0 fully saturated rings. The minimum atomic E-state index is -2.18. The molecule has 366 valence electrons. The molecular formula is C58H74N4S6Si. The number of aryl methyl sites for hydroxylation is 3. The molecular weight excluding hydrogens is 973 g/mol. The van der Waals surface area contributed by atoms with E-state index in [1.807, 2.05) is 22.7 Å². The fourth-order valence-corrected chi connectivity index (χ4v) is 24.2. The van der Waals surface area contributed by atoms with Gasteiger partial charge in [-0.3, -0.25) is 0 Å². The Bertz CT molecular complexity index is 2930. The minimum absolute atomic E-state index is 0.417. The monoisotopic (exact) mass is 1050 g/mol. The second-order valence-corrected chi connectivity index (χ2v) is 29.9. The van der Waals surface area contributed by atoms with Crippen molar-refractivity contribution >= 4 is 109 Å². The molecule has 11 heteroatoms. The Labute approximate surface area is 439 Å². The van der Waals surface area contributed by atoms with Crippen LogP contribution in [0.5, 0.6) is 0 Å².